The van der Waals surface area contributed by atoms with Crippen LogP contribution in [-0.2, 0) is 0 Å². The molecule has 0 unspecified atom stereocenters. The summed E-state index contributed by atoms with van der Waals surface area (Å²) in [5.41, 5.74) is 0. The van der Waals surface area contributed by atoms with Gasteiger partial charge in [-0.05, 0) is 25.7 Å². The summed E-state index contributed by atoms with van der Waals surface area (Å²) in [6.07, 6.45) is 4.31. The van der Waals surface area contributed by atoms with E-state index < -0.39 is 0 Å². The predicted molar refractivity (Wildman–Crippen MR) is 91.1 cm³/mol. The normalized spacial score (nSPS) is 21.9. The number of likely N-dealkylation sites (tertiary alicyclic amines) is 2. The lowest BCUT2D eigenvalue weighted by Crippen LogP contribution is -2.53. The van der Waals surface area contributed by atoms with Gasteiger partial charge in [-0.1, -0.05) is 27.7 Å². The van der Waals surface area contributed by atoms with Crippen LogP contribution in [0.5, 0.6) is 0 Å². The number of piperidine rings is 2. The van der Waals surface area contributed by atoms with E-state index >= 15 is 0 Å². The zero-order valence-electron chi connectivity index (χ0n) is 14.8. The summed E-state index contributed by atoms with van der Waals surface area (Å²) in [5, 5.41) is 7.17. The third-order valence-corrected chi connectivity index (χ3v) is 4.67. The maximum Gasteiger partial charge on any atom is 0.320 e. The van der Waals surface area contributed by atoms with Gasteiger partial charge in [0.2, 0.25) is 0 Å². The number of rotatable bonds is 4. The molecule has 2 aliphatic heterocycles. The Kier molecular flexibility index (Phi) is 6.50. The maximum absolute atomic E-state index is 12.6. The third-order valence-electron chi connectivity index (χ3n) is 4.67. The topological polar surface area (TPSA) is 47.6 Å². The summed E-state index contributed by atoms with van der Waals surface area (Å²) in [4.78, 5) is 16.7. The van der Waals surface area contributed by atoms with E-state index in [0.29, 0.717) is 24.2 Å². The molecule has 2 aliphatic rings. The van der Waals surface area contributed by atoms with E-state index in [9.17, 15) is 4.79 Å². The summed E-state index contributed by atoms with van der Waals surface area (Å²) in [6, 6.07) is 2.46. The van der Waals surface area contributed by atoms with Crippen LogP contribution >= 0.6 is 0 Å². The summed E-state index contributed by atoms with van der Waals surface area (Å²) >= 11 is 0. The van der Waals surface area contributed by atoms with Crippen LogP contribution in [0.3, 0.4) is 0 Å². The molecule has 0 radical (unpaired) electrons. The highest BCUT2D eigenvalue weighted by molar-refractivity contribution is 5.74. The molecular weight excluding hydrogens is 276 g/mol. The van der Waals surface area contributed by atoms with E-state index in [2.05, 4.69) is 48.1 Å². The van der Waals surface area contributed by atoms with Crippen LogP contribution in [0.15, 0.2) is 0 Å². The van der Waals surface area contributed by atoms with Crippen LogP contribution in [0.4, 0.5) is 4.79 Å². The lowest BCUT2D eigenvalue weighted by molar-refractivity contribution is 0.122. The highest BCUT2D eigenvalue weighted by Crippen LogP contribution is 2.17. The number of hydrogen-bond acceptors (Lipinski definition) is 3. The minimum atomic E-state index is 0.256. The molecule has 22 heavy (non-hydrogen) atoms. The first kappa shape index (κ1) is 17.5. The fourth-order valence-electron chi connectivity index (χ4n) is 3.62. The minimum Gasteiger partial charge on any atom is -0.325 e. The number of amides is 2. The Morgan fingerprint density at radius 2 is 1.09 bits per heavy atom. The van der Waals surface area contributed by atoms with Crippen LogP contribution < -0.4 is 10.6 Å². The summed E-state index contributed by atoms with van der Waals surface area (Å²) in [5.74, 6) is 0. The maximum atomic E-state index is 12.6. The van der Waals surface area contributed by atoms with Gasteiger partial charge >= 0.3 is 6.03 Å². The first-order valence-corrected chi connectivity index (χ1v) is 9.01. The van der Waals surface area contributed by atoms with Gasteiger partial charge in [0.05, 0.1) is 0 Å². The highest BCUT2D eigenvalue weighted by Gasteiger charge is 2.29. The van der Waals surface area contributed by atoms with Gasteiger partial charge in [0.15, 0.2) is 0 Å². The Bertz CT molecular complexity index is 311. The second-order valence-electron chi connectivity index (χ2n) is 7.45. The lowest BCUT2D eigenvalue weighted by Gasteiger charge is -2.39. The predicted octanol–water partition coefficient (Wildman–Crippen LogP) is 2.03. The Morgan fingerprint density at radius 1 is 0.773 bits per heavy atom. The van der Waals surface area contributed by atoms with Gasteiger partial charge in [0, 0.05) is 50.3 Å². The second kappa shape index (κ2) is 8.16. The number of nitrogens with one attached hydrogen (secondary N) is 2. The molecule has 0 aliphatic carbocycles. The van der Waals surface area contributed by atoms with Crippen molar-refractivity contribution in [1.29, 1.82) is 0 Å². The second-order valence-corrected chi connectivity index (χ2v) is 7.45. The molecule has 0 bridgehead atoms. The van der Waals surface area contributed by atoms with Crippen molar-refractivity contribution in [3.8, 4) is 0 Å². The number of carbonyl (C=O) groups is 1. The third kappa shape index (κ3) is 5.13. The monoisotopic (exact) mass is 310 g/mol. The van der Waals surface area contributed by atoms with E-state index in [0.717, 1.165) is 51.9 Å². The van der Waals surface area contributed by atoms with Gasteiger partial charge in [0.1, 0.15) is 0 Å². The van der Waals surface area contributed by atoms with Gasteiger partial charge in [-0.2, -0.15) is 0 Å². The van der Waals surface area contributed by atoms with Crippen molar-refractivity contribution in [3.63, 3.8) is 0 Å². The van der Waals surface area contributed by atoms with E-state index in [1.807, 2.05) is 0 Å². The Morgan fingerprint density at radius 3 is 1.36 bits per heavy atom. The molecule has 2 amide bonds. The SMILES string of the molecule is CC(C)NC1CCN(C(=O)N2CCC(NC(C)C)CC2)CC1. The molecule has 2 N–H and O–H groups in total. The number of urea groups is 1. The molecule has 0 aromatic rings. The van der Waals surface area contributed by atoms with Crippen LogP contribution in [-0.4, -0.2) is 66.2 Å². The number of carbonyl (C=O) groups excluding carboxylic acids is 1. The van der Waals surface area contributed by atoms with Gasteiger partial charge in [-0.15, -0.1) is 0 Å². The van der Waals surface area contributed by atoms with Crippen molar-refractivity contribution in [3.05, 3.63) is 0 Å². The molecule has 2 heterocycles. The molecule has 128 valence electrons. The molecule has 0 aromatic carbocycles. The lowest BCUT2D eigenvalue weighted by atomic mass is 10.0. The standard InChI is InChI=1S/C17H34N4O/c1-13(2)18-15-5-9-20(10-6-15)17(22)21-11-7-16(8-12-21)19-14(3)4/h13-16,18-19H,5-12H2,1-4H3. The molecule has 0 aromatic heterocycles. The Balaban J connectivity index is 1.72. The fourth-order valence-corrected chi connectivity index (χ4v) is 3.62. The first-order chi connectivity index (χ1) is 10.5. The molecule has 2 saturated heterocycles. The molecule has 0 atom stereocenters. The summed E-state index contributed by atoms with van der Waals surface area (Å²) < 4.78 is 0. The van der Waals surface area contributed by atoms with Gasteiger partial charge in [-0.3, -0.25) is 0 Å². The molecular formula is C17H34N4O. The van der Waals surface area contributed by atoms with E-state index in [4.69, 9.17) is 0 Å². The van der Waals surface area contributed by atoms with Crippen LogP contribution in [0.1, 0.15) is 53.4 Å². The van der Waals surface area contributed by atoms with Gasteiger partial charge in [-0.25, -0.2) is 4.79 Å². The zero-order chi connectivity index (χ0) is 16.1. The molecule has 5 heteroatoms. The summed E-state index contributed by atoms with van der Waals surface area (Å²) in [6.45, 7) is 12.3. The number of hydrogen-bond donors (Lipinski definition) is 2. The zero-order valence-corrected chi connectivity index (χ0v) is 14.8. The Hall–Kier alpha value is -0.810. The Labute approximate surface area is 135 Å². The van der Waals surface area contributed by atoms with Gasteiger partial charge < -0.3 is 20.4 Å². The first-order valence-electron chi connectivity index (χ1n) is 9.01. The van der Waals surface area contributed by atoms with Crippen molar-refractivity contribution in [2.45, 2.75) is 77.5 Å². The van der Waals surface area contributed by atoms with Crippen molar-refractivity contribution in [2.75, 3.05) is 26.2 Å². The molecule has 0 saturated carbocycles. The molecule has 5 nitrogen and oxygen atoms in total. The van der Waals surface area contributed by atoms with Crippen molar-refractivity contribution < 1.29 is 4.79 Å². The van der Waals surface area contributed by atoms with E-state index in [-0.39, 0.29) is 6.03 Å². The minimum absolute atomic E-state index is 0.256. The van der Waals surface area contributed by atoms with Crippen LogP contribution in [0, 0.1) is 0 Å². The van der Waals surface area contributed by atoms with Crippen LogP contribution in [0.25, 0.3) is 0 Å². The van der Waals surface area contributed by atoms with Crippen molar-refractivity contribution in [2.24, 2.45) is 0 Å². The smallest absolute Gasteiger partial charge is 0.320 e. The van der Waals surface area contributed by atoms with E-state index in [1.165, 1.54) is 0 Å². The fraction of sp³-hybridized carbons (Fsp3) is 0.941. The largest absolute Gasteiger partial charge is 0.325 e. The van der Waals surface area contributed by atoms with Gasteiger partial charge in [0.25, 0.3) is 0 Å². The van der Waals surface area contributed by atoms with Crippen molar-refractivity contribution in [1.82, 2.24) is 20.4 Å². The van der Waals surface area contributed by atoms with Crippen molar-refractivity contribution >= 4 is 6.03 Å². The highest BCUT2D eigenvalue weighted by atomic mass is 16.2. The average Bonchev–Trinajstić information content (AvgIpc) is 2.47. The van der Waals surface area contributed by atoms with Crippen LogP contribution in [0.2, 0.25) is 0 Å². The molecule has 2 rings (SSSR count). The molecule has 0 spiro atoms. The quantitative estimate of drug-likeness (QED) is 0.835. The van der Waals surface area contributed by atoms with E-state index in [1.54, 1.807) is 0 Å². The summed E-state index contributed by atoms with van der Waals surface area (Å²) in [7, 11) is 0. The number of nitrogens with zero attached hydrogens (tertiary/aromatic N) is 2. The molecule has 2 fully saturated rings. The average molecular weight is 310 g/mol.